The van der Waals surface area contributed by atoms with Crippen molar-refractivity contribution in [3.8, 4) is 0 Å². The number of rotatable bonds is 5. The summed E-state index contributed by atoms with van der Waals surface area (Å²) < 4.78 is 0. The van der Waals surface area contributed by atoms with Gasteiger partial charge in [-0.3, -0.25) is 14.9 Å². The van der Waals surface area contributed by atoms with Crippen LogP contribution in [0.4, 0.5) is 11.5 Å². The van der Waals surface area contributed by atoms with Crippen LogP contribution < -0.4 is 5.32 Å². The molecule has 7 nitrogen and oxygen atoms in total. The molecule has 2 rings (SSSR count). The van der Waals surface area contributed by atoms with Gasteiger partial charge >= 0.3 is 0 Å². The van der Waals surface area contributed by atoms with Gasteiger partial charge in [0.1, 0.15) is 12.0 Å². The second-order valence-corrected chi connectivity index (χ2v) is 5.23. The summed E-state index contributed by atoms with van der Waals surface area (Å²) in [5.41, 5.74) is 0.678. The topological polar surface area (TPSA) is 88.4 Å². The molecule has 2 heterocycles. The molecule has 1 aliphatic heterocycles. The first kappa shape index (κ1) is 15.2. The number of aromatic nitrogens is 1. The molecule has 1 aromatic rings. The molecule has 0 atom stereocenters. The number of pyridine rings is 1. The Kier molecular flexibility index (Phi) is 5.08. The summed E-state index contributed by atoms with van der Waals surface area (Å²) in [4.78, 5) is 28.1. The molecule has 1 aromatic heterocycles. The van der Waals surface area contributed by atoms with Crippen LogP contribution in [0.25, 0.3) is 0 Å². The third-order valence-electron chi connectivity index (χ3n) is 3.61. The molecular weight excluding hydrogens is 272 g/mol. The highest BCUT2D eigenvalue weighted by atomic mass is 16.6. The Morgan fingerprint density at radius 2 is 2.14 bits per heavy atom. The van der Waals surface area contributed by atoms with Gasteiger partial charge in [-0.1, -0.05) is 0 Å². The summed E-state index contributed by atoms with van der Waals surface area (Å²) >= 11 is 0. The van der Waals surface area contributed by atoms with Gasteiger partial charge in [-0.15, -0.1) is 0 Å². The van der Waals surface area contributed by atoms with E-state index in [1.807, 2.05) is 4.90 Å². The Morgan fingerprint density at radius 3 is 2.76 bits per heavy atom. The Labute approximate surface area is 123 Å². The van der Waals surface area contributed by atoms with Gasteiger partial charge in [0.25, 0.3) is 5.69 Å². The Hall–Kier alpha value is -2.18. The van der Waals surface area contributed by atoms with Crippen molar-refractivity contribution in [2.24, 2.45) is 0 Å². The number of nitrogens with one attached hydrogen (secondary N) is 1. The second kappa shape index (κ2) is 7.01. The van der Waals surface area contributed by atoms with Crippen LogP contribution in [0.3, 0.4) is 0 Å². The number of aryl methyl sites for hydroxylation is 1. The molecule has 0 saturated carbocycles. The minimum atomic E-state index is -0.469. The molecule has 1 fully saturated rings. The van der Waals surface area contributed by atoms with Crippen molar-refractivity contribution >= 4 is 17.4 Å². The molecule has 0 radical (unpaired) electrons. The molecular formula is C14H20N4O3. The van der Waals surface area contributed by atoms with Crippen molar-refractivity contribution in [2.45, 2.75) is 32.6 Å². The summed E-state index contributed by atoms with van der Waals surface area (Å²) in [7, 11) is 0. The predicted octanol–water partition coefficient (Wildman–Crippen LogP) is 2.11. The van der Waals surface area contributed by atoms with E-state index in [0.29, 0.717) is 24.3 Å². The lowest BCUT2D eigenvalue weighted by Gasteiger charge is -2.26. The minimum Gasteiger partial charge on any atom is -0.369 e. The fourth-order valence-electron chi connectivity index (χ4n) is 2.43. The van der Waals surface area contributed by atoms with E-state index in [-0.39, 0.29) is 11.6 Å². The zero-order valence-electron chi connectivity index (χ0n) is 12.2. The zero-order chi connectivity index (χ0) is 15.2. The summed E-state index contributed by atoms with van der Waals surface area (Å²) in [5, 5.41) is 13.7. The maximum absolute atomic E-state index is 12.0. The third-order valence-corrected chi connectivity index (χ3v) is 3.61. The van der Waals surface area contributed by atoms with Gasteiger partial charge in [-0.2, -0.15) is 0 Å². The highest BCUT2D eigenvalue weighted by molar-refractivity contribution is 5.76. The molecule has 0 bridgehead atoms. The number of hydrogen-bond acceptors (Lipinski definition) is 5. The van der Waals surface area contributed by atoms with Crippen LogP contribution in [-0.2, 0) is 4.79 Å². The highest BCUT2D eigenvalue weighted by Gasteiger charge is 2.16. The van der Waals surface area contributed by atoms with Crippen LogP contribution in [0.1, 0.15) is 31.2 Å². The highest BCUT2D eigenvalue weighted by Crippen LogP contribution is 2.18. The number of likely N-dealkylation sites (tertiary alicyclic amines) is 1. The number of nitro groups is 1. The third kappa shape index (κ3) is 4.14. The van der Waals surface area contributed by atoms with E-state index < -0.39 is 4.92 Å². The second-order valence-electron chi connectivity index (χ2n) is 5.23. The van der Waals surface area contributed by atoms with E-state index in [4.69, 9.17) is 0 Å². The Bertz CT molecular complexity index is 527. The predicted molar refractivity (Wildman–Crippen MR) is 79.2 cm³/mol. The average molecular weight is 292 g/mol. The summed E-state index contributed by atoms with van der Waals surface area (Å²) in [6, 6.07) is 1.47. The molecule has 1 aliphatic rings. The first-order valence-electron chi connectivity index (χ1n) is 7.20. The van der Waals surface area contributed by atoms with Crippen LogP contribution in [0.2, 0.25) is 0 Å². The lowest BCUT2D eigenvalue weighted by atomic mass is 10.1. The SMILES string of the molecule is Cc1cc([N+](=O)[O-])cnc1NCCC(=O)N1CCCCC1. The van der Waals surface area contributed by atoms with E-state index in [0.717, 1.165) is 25.9 Å². The largest absolute Gasteiger partial charge is 0.369 e. The van der Waals surface area contributed by atoms with E-state index >= 15 is 0 Å². The smallest absolute Gasteiger partial charge is 0.287 e. The van der Waals surface area contributed by atoms with E-state index in [9.17, 15) is 14.9 Å². The van der Waals surface area contributed by atoms with Crippen LogP contribution in [0, 0.1) is 17.0 Å². The Balaban J connectivity index is 1.83. The molecule has 0 aromatic carbocycles. The Morgan fingerprint density at radius 1 is 1.43 bits per heavy atom. The number of amides is 1. The van der Waals surface area contributed by atoms with Gasteiger partial charge in [-0.25, -0.2) is 4.98 Å². The van der Waals surface area contributed by atoms with E-state index in [2.05, 4.69) is 10.3 Å². The molecule has 7 heteroatoms. The quantitative estimate of drug-likeness (QED) is 0.663. The monoisotopic (exact) mass is 292 g/mol. The molecule has 0 unspecified atom stereocenters. The summed E-state index contributed by atoms with van der Waals surface area (Å²) in [6.45, 7) is 3.96. The molecule has 1 N–H and O–H groups in total. The maximum Gasteiger partial charge on any atom is 0.287 e. The first-order valence-corrected chi connectivity index (χ1v) is 7.20. The van der Waals surface area contributed by atoms with Gasteiger partial charge in [-0.05, 0) is 31.7 Å². The molecule has 114 valence electrons. The van der Waals surface area contributed by atoms with Gasteiger partial charge in [0, 0.05) is 32.1 Å². The molecule has 21 heavy (non-hydrogen) atoms. The van der Waals surface area contributed by atoms with Crippen molar-refractivity contribution < 1.29 is 9.72 Å². The summed E-state index contributed by atoms with van der Waals surface area (Å²) in [5.74, 6) is 0.744. The van der Waals surface area contributed by atoms with Crippen molar-refractivity contribution in [3.63, 3.8) is 0 Å². The van der Waals surface area contributed by atoms with Gasteiger partial charge in [0.2, 0.25) is 5.91 Å². The number of hydrogen-bond donors (Lipinski definition) is 1. The van der Waals surface area contributed by atoms with Crippen molar-refractivity contribution in [2.75, 3.05) is 25.0 Å². The fourth-order valence-corrected chi connectivity index (χ4v) is 2.43. The molecule has 1 amide bonds. The van der Waals surface area contributed by atoms with Crippen LogP contribution in [0.15, 0.2) is 12.3 Å². The number of carbonyl (C=O) groups is 1. The minimum absolute atomic E-state index is 0.0255. The number of anilines is 1. The van der Waals surface area contributed by atoms with E-state index in [1.165, 1.54) is 18.7 Å². The molecule has 1 saturated heterocycles. The maximum atomic E-state index is 12.0. The normalized spacial score (nSPS) is 14.8. The van der Waals surface area contributed by atoms with Crippen LogP contribution in [-0.4, -0.2) is 40.3 Å². The van der Waals surface area contributed by atoms with Crippen LogP contribution >= 0.6 is 0 Å². The number of piperidine rings is 1. The average Bonchev–Trinajstić information content (AvgIpc) is 2.49. The van der Waals surface area contributed by atoms with Gasteiger partial charge in [0.15, 0.2) is 0 Å². The van der Waals surface area contributed by atoms with Crippen molar-refractivity contribution in [1.82, 2.24) is 9.88 Å². The van der Waals surface area contributed by atoms with Crippen molar-refractivity contribution in [1.29, 1.82) is 0 Å². The van der Waals surface area contributed by atoms with Gasteiger partial charge in [0.05, 0.1) is 4.92 Å². The fraction of sp³-hybridized carbons (Fsp3) is 0.571. The first-order chi connectivity index (χ1) is 10.1. The number of carbonyl (C=O) groups excluding carboxylic acids is 1. The van der Waals surface area contributed by atoms with Gasteiger partial charge < -0.3 is 10.2 Å². The van der Waals surface area contributed by atoms with Crippen LogP contribution in [0.5, 0.6) is 0 Å². The standard InChI is InChI=1S/C14H20N4O3/c1-11-9-12(18(20)21)10-16-14(11)15-6-5-13(19)17-7-3-2-4-8-17/h9-10H,2-8H2,1H3,(H,15,16). The van der Waals surface area contributed by atoms with E-state index in [1.54, 1.807) is 6.92 Å². The lowest BCUT2D eigenvalue weighted by molar-refractivity contribution is -0.385. The number of nitrogens with zero attached hydrogens (tertiary/aromatic N) is 3. The summed E-state index contributed by atoms with van der Waals surface area (Å²) in [6.07, 6.45) is 5.01. The molecule has 0 aliphatic carbocycles. The molecule has 0 spiro atoms. The van der Waals surface area contributed by atoms with Crippen molar-refractivity contribution in [3.05, 3.63) is 27.9 Å². The zero-order valence-corrected chi connectivity index (χ0v) is 12.2. The lowest BCUT2D eigenvalue weighted by Crippen LogP contribution is -2.36.